The van der Waals surface area contributed by atoms with Crippen LogP contribution in [0.2, 0.25) is 0 Å². The van der Waals surface area contributed by atoms with Gasteiger partial charge in [0.15, 0.2) is 17.5 Å². The second-order valence-electron chi connectivity index (χ2n) is 14.3. The molecule has 5 nitrogen and oxygen atoms in total. The van der Waals surface area contributed by atoms with Gasteiger partial charge in [-0.2, -0.15) is 0 Å². The van der Waals surface area contributed by atoms with Crippen molar-refractivity contribution < 1.29 is 0 Å². The monoisotopic (exact) mass is 727 g/mol. The third kappa shape index (κ3) is 5.72. The van der Waals surface area contributed by atoms with Crippen LogP contribution in [0.5, 0.6) is 0 Å². The van der Waals surface area contributed by atoms with E-state index in [-0.39, 0.29) is 0 Å². The van der Waals surface area contributed by atoms with Gasteiger partial charge in [-0.1, -0.05) is 158 Å². The Labute approximate surface area is 329 Å². The molecule has 57 heavy (non-hydrogen) atoms. The molecule has 0 atom stereocenters. The second-order valence-corrected chi connectivity index (χ2v) is 14.3. The Morgan fingerprint density at radius 1 is 0.333 bits per heavy atom. The van der Waals surface area contributed by atoms with Crippen molar-refractivity contribution in [2.75, 3.05) is 0 Å². The highest BCUT2D eigenvalue weighted by molar-refractivity contribution is 6.14. The average molecular weight is 728 g/mol. The van der Waals surface area contributed by atoms with Gasteiger partial charge in [0, 0.05) is 44.1 Å². The van der Waals surface area contributed by atoms with E-state index in [0.29, 0.717) is 17.5 Å². The zero-order valence-electron chi connectivity index (χ0n) is 30.8. The van der Waals surface area contributed by atoms with Gasteiger partial charge in [0.1, 0.15) is 0 Å². The molecule has 0 aliphatic rings. The first kappa shape index (κ1) is 32.7. The minimum absolute atomic E-state index is 0.607. The number of rotatable bonds is 6. The number of pyridine rings is 1. The first-order chi connectivity index (χ1) is 28.2. The van der Waals surface area contributed by atoms with Crippen LogP contribution in [0.15, 0.2) is 200 Å². The summed E-state index contributed by atoms with van der Waals surface area (Å²) in [5.41, 5.74) is 11.3. The zero-order chi connectivity index (χ0) is 37.7. The van der Waals surface area contributed by atoms with Gasteiger partial charge < -0.3 is 4.57 Å². The zero-order valence-corrected chi connectivity index (χ0v) is 30.8. The summed E-state index contributed by atoms with van der Waals surface area (Å²) < 4.78 is 2.32. The Kier molecular flexibility index (Phi) is 7.74. The number of aromatic nitrogens is 5. The maximum atomic E-state index is 5.22. The van der Waals surface area contributed by atoms with Crippen molar-refractivity contribution in [3.8, 4) is 62.2 Å². The highest BCUT2D eigenvalue weighted by Crippen LogP contribution is 2.39. The molecular formula is C52H33N5. The molecule has 3 aromatic heterocycles. The Hall–Kier alpha value is -7.76. The topological polar surface area (TPSA) is 56.5 Å². The highest BCUT2D eigenvalue weighted by atomic mass is 15.0. The standard InChI is InChI=1S/C52H33N5/c1-4-15-34(16-5-1)44-33-46(36-17-6-2-7-18-36)53-45-30-29-35-27-28-39(32-43(35)49(44)45)52-55-50(37-19-8-3-9-20-37)54-51(56-52)38-21-14-22-40(31-38)57-47-25-12-10-23-41(47)42-24-11-13-26-48(42)57/h1-33H. The van der Waals surface area contributed by atoms with Crippen LogP contribution in [0, 0.1) is 0 Å². The van der Waals surface area contributed by atoms with Crippen molar-refractivity contribution >= 4 is 43.5 Å². The van der Waals surface area contributed by atoms with Crippen LogP contribution >= 0.6 is 0 Å². The quantitative estimate of drug-likeness (QED) is 0.160. The SMILES string of the molecule is c1ccc(-c2cc(-c3ccccc3)c3c(ccc4ccc(-c5nc(-c6ccccc6)nc(-c6cccc(-n7c8ccccc8c8ccccc87)c6)n5)cc43)n2)cc1. The number of fused-ring (bicyclic) bond motifs is 6. The molecule has 8 aromatic carbocycles. The summed E-state index contributed by atoms with van der Waals surface area (Å²) in [6.45, 7) is 0. The lowest BCUT2D eigenvalue weighted by Crippen LogP contribution is -2.01. The fourth-order valence-corrected chi connectivity index (χ4v) is 8.13. The predicted octanol–water partition coefficient (Wildman–Crippen LogP) is 13.0. The third-order valence-electron chi connectivity index (χ3n) is 10.8. The lowest BCUT2D eigenvalue weighted by molar-refractivity contribution is 1.07. The normalized spacial score (nSPS) is 11.5. The molecule has 0 spiro atoms. The smallest absolute Gasteiger partial charge is 0.164 e. The third-order valence-corrected chi connectivity index (χ3v) is 10.8. The van der Waals surface area contributed by atoms with Crippen LogP contribution < -0.4 is 0 Å². The van der Waals surface area contributed by atoms with E-state index >= 15 is 0 Å². The average Bonchev–Trinajstić information content (AvgIpc) is 3.63. The van der Waals surface area contributed by atoms with Gasteiger partial charge in [-0.3, -0.25) is 0 Å². The summed E-state index contributed by atoms with van der Waals surface area (Å²) in [6, 6.07) is 69.8. The van der Waals surface area contributed by atoms with Crippen molar-refractivity contribution in [1.82, 2.24) is 24.5 Å². The van der Waals surface area contributed by atoms with E-state index in [2.05, 4.69) is 168 Å². The molecule has 5 heteroatoms. The summed E-state index contributed by atoms with van der Waals surface area (Å²) >= 11 is 0. The number of hydrogen-bond donors (Lipinski definition) is 0. The molecule has 0 aliphatic heterocycles. The van der Waals surface area contributed by atoms with Crippen molar-refractivity contribution in [1.29, 1.82) is 0 Å². The molecule has 0 amide bonds. The van der Waals surface area contributed by atoms with Crippen LogP contribution in [-0.4, -0.2) is 24.5 Å². The molecule has 0 radical (unpaired) electrons. The van der Waals surface area contributed by atoms with E-state index in [1.165, 1.54) is 10.8 Å². The summed E-state index contributed by atoms with van der Waals surface area (Å²) in [4.78, 5) is 20.7. The molecule has 11 aromatic rings. The van der Waals surface area contributed by atoms with Gasteiger partial charge in [-0.05, 0) is 64.4 Å². The fourth-order valence-electron chi connectivity index (χ4n) is 8.13. The van der Waals surface area contributed by atoms with E-state index in [4.69, 9.17) is 19.9 Å². The molecule has 0 N–H and O–H groups in total. The van der Waals surface area contributed by atoms with Gasteiger partial charge in [0.2, 0.25) is 0 Å². The minimum atomic E-state index is 0.607. The molecule has 0 bridgehead atoms. The maximum Gasteiger partial charge on any atom is 0.164 e. The Morgan fingerprint density at radius 3 is 1.53 bits per heavy atom. The van der Waals surface area contributed by atoms with E-state index in [1.807, 2.05) is 36.4 Å². The molecule has 0 fully saturated rings. The molecule has 0 saturated heterocycles. The first-order valence-corrected chi connectivity index (χ1v) is 19.1. The fraction of sp³-hybridized carbons (Fsp3) is 0. The summed E-state index contributed by atoms with van der Waals surface area (Å²) in [7, 11) is 0. The molecule has 266 valence electrons. The predicted molar refractivity (Wildman–Crippen MR) is 234 cm³/mol. The molecule has 3 heterocycles. The Bertz CT molecular complexity index is 3230. The number of benzene rings is 8. The van der Waals surface area contributed by atoms with Crippen molar-refractivity contribution in [3.63, 3.8) is 0 Å². The van der Waals surface area contributed by atoms with Gasteiger partial charge in [0.05, 0.1) is 22.2 Å². The van der Waals surface area contributed by atoms with Crippen LogP contribution in [-0.2, 0) is 0 Å². The maximum absolute atomic E-state index is 5.22. The van der Waals surface area contributed by atoms with Gasteiger partial charge >= 0.3 is 0 Å². The molecule has 11 rings (SSSR count). The summed E-state index contributed by atoms with van der Waals surface area (Å²) in [5.74, 6) is 1.84. The van der Waals surface area contributed by atoms with E-state index in [9.17, 15) is 0 Å². The lowest BCUT2D eigenvalue weighted by atomic mass is 9.93. The van der Waals surface area contributed by atoms with Crippen LogP contribution in [0.1, 0.15) is 0 Å². The van der Waals surface area contributed by atoms with Gasteiger partial charge in [-0.25, -0.2) is 19.9 Å². The molecule has 0 aliphatic carbocycles. The number of hydrogen-bond acceptors (Lipinski definition) is 4. The van der Waals surface area contributed by atoms with E-state index < -0.39 is 0 Å². The first-order valence-electron chi connectivity index (χ1n) is 19.1. The minimum Gasteiger partial charge on any atom is -0.309 e. The highest BCUT2D eigenvalue weighted by Gasteiger charge is 2.18. The van der Waals surface area contributed by atoms with Crippen LogP contribution in [0.4, 0.5) is 0 Å². The van der Waals surface area contributed by atoms with Crippen molar-refractivity contribution in [2.24, 2.45) is 0 Å². The summed E-state index contributed by atoms with van der Waals surface area (Å²) in [5, 5.41) is 5.74. The van der Waals surface area contributed by atoms with Crippen LogP contribution in [0.25, 0.3) is 106 Å². The number of para-hydroxylation sites is 2. The van der Waals surface area contributed by atoms with E-state index in [0.717, 1.165) is 77.5 Å². The Morgan fingerprint density at radius 2 is 0.860 bits per heavy atom. The Balaban J connectivity index is 1.11. The second kappa shape index (κ2) is 13.5. The van der Waals surface area contributed by atoms with Crippen LogP contribution in [0.3, 0.4) is 0 Å². The molecular weight excluding hydrogens is 695 g/mol. The molecule has 0 saturated carbocycles. The van der Waals surface area contributed by atoms with E-state index in [1.54, 1.807) is 0 Å². The van der Waals surface area contributed by atoms with Gasteiger partial charge in [-0.15, -0.1) is 0 Å². The number of nitrogens with zero attached hydrogens (tertiary/aromatic N) is 5. The van der Waals surface area contributed by atoms with Gasteiger partial charge in [0.25, 0.3) is 0 Å². The summed E-state index contributed by atoms with van der Waals surface area (Å²) in [6.07, 6.45) is 0. The molecule has 0 unspecified atom stereocenters. The van der Waals surface area contributed by atoms with Crippen molar-refractivity contribution in [2.45, 2.75) is 0 Å². The van der Waals surface area contributed by atoms with Crippen molar-refractivity contribution in [3.05, 3.63) is 200 Å². The lowest BCUT2D eigenvalue weighted by Gasteiger charge is -2.14. The largest absolute Gasteiger partial charge is 0.309 e.